The molecule has 0 saturated carbocycles. The predicted octanol–water partition coefficient (Wildman–Crippen LogP) is -0.415. The minimum atomic E-state index is -1.16. The molecule has 10 heteroatoms. The molecule has 1 saturated heterocycles. The molecule has 3 unspecified atom stereocenters. The Bertz CT molecular complexity index is 448. The zero-order valence-electron chi connectivity index (χ0n) is 11.1. The molecule has 0 radical (unpaired) electrons. The average Bonchev–Trinajstić information content (AvgIpc) is 2.95. The lowest BCUT2D eigenvalue weighted by Gasteiger charge is -2.25. The van der Waals surface area contributed by atoms with Crippen molar-refractivity contribution in [1.82, 2.24) is 31.1 Å². The fraction of sp³-hybridized carbons (Fsp3) is 0.889. The Balaban J connectivity index is 1.79. The van der Waals surface area contributed by atoms with Crippen LogP contribution in [0.25, 0.3) is 0 Å². The Morgan fingerprint density at radius 3 is 3.05 bits per heavy atom. The van der Waals surface area contributed by atoms with E-state index >= 15 is 0 Å². The van der Waals surface area contributed by atoms with E-state index in [1.54, 1.807) is 18.8 Å². The lowest BCUT2D eigenvalue weighted by atomic mass is 10.4. The first-order valence-electron chi connectivity index (χ1n) is 5.93. The van der Waals surface area contributed by atoms with Gasteiger partial charge in [-0.15, -0.1) is 11.8 Å². The summed E-state index contributed by atoms with van der Waals surface area (Å²) in [6, 6.07) is 0. The number of nitrogens with one attached hydrogen (secondary N) is 2. The van der Waals surface area contributed by atoms with Crippen LogP contribution < -0.4 is 10.9 Å². The Kier molecular flexibility index (Phi) is 4.90. The topological polar surface area (TPSA) is 94.0 Å². The fourth-order valence-electron chi connectivity index (χ4n) is 1.69. The number of ether oxygens (including phenoxy) is 1. The minimum Gasteiger partial charge on any atom is -0.334 e. The Hall–Kier alpha value is -0.550. The lowest BCUT2D eigenvalue weighted by Crippen LogP contribution is -2.40. The van der Waals surface area contributed by atoms with Crippen LogP contribution in [0.1, 0.15) is 20.3 Å². The molecular weight excluding hydrogens is 288 g/mol. The molecule has 2 N–H and O–H groups in total. The van der Waals surface area contributed by atoms with Crippen LogP contribution in [0.3, 0.4) is 0 Å². The summed E-state index contributed by atoms with van der Waals surface area (Å²) in [5.74, 6) is 0.534. The van der Waals surface area contributed by atoms with Crippen LogP contribution >= 0.6 is 11.8 Å². The van der Waals surface area contributed by atoms with Gasteiger partial charge in [0.25, 0.3) is 0 Å². The standard InChI is InChI=1S/C9H18N6O2S2/c1-7(18-9(2)12-10-6-17-9)4-5-19(16)8-11-13-14-15(8)3/h7,10,12H,4-6H2,1-3H3. The smallest absolute Gasteiger partial charge is 0.239 e. The van der Waals surface area contributed by atoms with E-state index in [1.165, 1.54) is 4.68 Å². The second-order valence-electron chi connectivity index (χ2n) is 4.39. The summed E-state index contributed by atoms with van der Waals surface area (Å²) >= 11 is 1.66. The molecule has 0 bridgehead atoms. The molecular formula is C9H18N6O2S2. The van der Waals surface area contributed by atoms with Gasteiger partial charge in [-0.05, 0) is 23.8 Å². The van der Waals surface area contributed by atoms with Crippen molar-refractivity contribution >= 4 is 22.6 Å². The molecule has 0 aliphatic carbocycles. The Labute approximate surface area is 118 Å². The Morgan fingerprint density at radius 1 is 1.68 bits per heavy atom. The van der Waals surface area contributed by atoms with Gasteiger partial charge in [-0.25, -0.2) is 15.5 Å². The number of hydrogen-bond donors (Lipinski definition) is 2. The van der Waals surface area contributed by atoms with Crippen LogP contribution in [0.15, 0.2) is 5.16 Å². The van der Waals surface area contributed by atoms with Crippen molar-refractivity contribution in [2.24, 2.45) is 7.05 Å². The number of thioether (sulfide) groups is 1. The lowest BCUT2D eigenvalue weighted by molar-refractivity contribution is 0.0849. The van der Waals surface area contributed by atoms with Gasteiger partial charge in [0.1, 0.15) is 6.73 Å². The molecule has 0 aromatic carbocycles. The summed E-state index contributed by atoms with van der Waals surface area (Å²) in [5, 5.41) is 11.2. The molecule has 2 rings (SSSR count). The van der Waals surface area contributed by atoms with E-state index < -0.39 is 15.9 Å². The molecule has 8 nitrogen and oxygen atoms in total. The normalized spacial score (nSPS) is 26.5. The van der Waals surface area contributed by atoms with Crippen molar-refractivity contribution in [2.75, 3.05) is 12.5 Å². The van der Waals surface area contributed by atoms with E-state index in [4.69, 9.17) is 4.74 Å². The third kappa shape index (κ3) is 3.96. The van der Waals surface area contributed by atoms with Gasteiger partial charge in [0.15, 0.2) is 5.06 Å². The van der Waals surface area contributed by atoms with E-state index in [0.717, 1.165) is 6.42 Å². The third-order valence-corrected chi connectivity index (χ3v) is 5.32. The zero-order chi connectivity index (χ0) is 13.9. The Morgan fingerprint density at radius 2 is 2.47 bits per heavy atom. The van der Waals surface area contributed by atoms with Gasteiger partial charge in [-0.3, -0.25) is 4.21 Å². The minimum absolute atomic E-state index is 0.308. The van der Waals surface area contributed by atoms with Crippen LogP contribution in [-0.2, 0) is 22.6 Å². The van der Waals surface area contributed by atoms with Crippen molar-refractivity contribution in [2.45, 2.75) is 35.7 Å². The summed E-state index contributed by atoms with van der Waals surface area (Å²) in [7, 11) is 0.524. The highest BCUT2D eigenvalue weighted by Gasteiger charge is 2.31. The molecule has 19 heavy (non-hydrogen) atoms. The highest BCUT2D eigenvalue weighted by Crippen LogP contribution is 2.30. The monoisotopic (exact) mass is 306 g/mol. The molecule has 2 heterocycles. The SMILES string of the molecule is CC(CCS(=O)c1nnnn1C)SC1(C)NNCO1. The summed E-state index contributed by atoms with van der Waals surface area (Å²) in [4.78, 5) is 0. The summed E-state index contributed by atoms with van der Waals surface area (Å²) in [5.41, 5.74) is 6.00. The number of aromatic nitrogens is 4. The first-order valence-corrected chi connectivity index (χ1v) is 8.12. The summed E-state index contributed by atoms with van der Waals surface area (Å²) < 4.78 is 19.0. The summed E-state index contributed by atoms with van der Waals surface area (Å²) in [6.45, 7) is 4.55. The van der Waals surface area contributed by atoms with Crippen LogP contribution in [0.5, 0.6) is 0 Å². The van der Waals surface area contributed by atoms with Crippen molar-refractivity contribution in [3.05, 3.63) is 0 Å². The second-order valence-corrected chi connectivity index (χ2v) is 7.67. The number of aryl methyl sites for hydroxylation is 1. The molecule has 3 atom stereocenters. The molecule has 1 aromatic rings. The van der Waals surface area contributed by atoms with Gasteiger partial charge in [-0.1, -0.05) is 12.0 Å². The molecule has 1 aliphatic heterocycles. The molecule has 0 amide bonds. The quantitative estimate of drug-likeness (QED) is 0.732. The maximum Gasteiger partial charge on any atom is 0.239 e. The predicted molar refractivity (Wildman–Crippen MR) is 72.4 cm³/mol. The van der Waals surface area contributed by atoms with Crippen molar-refractivity contribution in [3.63, 3.8) is 0 Å². The number of hydrazine groups is 1. The second kappa shape index (κ2) is 6.27. The molecule has 1 aromatic heterocycles. The van der Waals surface area contributed by atoms with Crippen LogP contribution in [-0.4, -0.2) is 47.2 Å². The third-order valence-electron chi connectivity index (χ3n) is 2.66. The maximum atomic E-state index is 12.0. The largest absolute Gasteiger partial charge is 0.334 e. The van der Waals surface area contributed by atoms with Crippen LogP contribution in [0, 0.1) is 0 Å². The van der Waals surface area contributed by atoms with Gasteiger partial charge < -0.3 is 4.74 Å². The van der Waals surface area contributed by atoms with E-state index in [0.29, 0.717) is 22.9 Å². The summed E-state index contributed by atoms with van der Waals surface area (Å²) in [6.07, 6.45) is 0.796. The average molecular weight is 306 g/mol. The van der Waals surface area contributed by atoms with Crippen LogP contribution in [0.4, 0.5) is 0 Å². The molecule has 108 valence electrons. The van der Waals surface area contributed by atoms with Gasteiger partial charge >= 0.3 is 0 Å². The number of rotatable bonds is 6. The molecule has 1 fully saturated rings. The van der Waals surface area contributed by atoms with Crippen molar-refractivity contribution in [3.8, 4) is 0 Å². The van der Waals surface area contributed by atoms with Gasteiger partial charge in [0, 0.05) is 18.1 Å². The van der Waals surface area contributed by atoms with E-state index in [1.807, 2.05) is 6.92 Å². The first-order chi connectivity index (χ1) is 9.00. The fourth-order valence-corrected chi connectivity index (χ4v) is 4.31. The van der Waals surface area contributed by atoms with Gasteiger partial charge in [-0.2, -0.15) is 0 Å². The van der Waals surface area contributed by atoms with Gasteiger partial charge in [0.2, 0.25) is 5.16 Å². The van der Waals surface area contributed by atoms with E-state index in [2.05, 4.69) is 33.3 Å². The van der Waals surface area contributed by atoms with Crippen molar-refractivity contribution < 1.29 is 8.95 Å². The molecule has 0 spiro atoms. The number of nitrogens with zero attached hydrogens (tertiary/aromatic N) is 4. The van der Waals surface area contributed by atoms with Crippen molar-refractivity contribution in [1.29, 1.82) is 0 Å². The van der Waals surface area contributed by atoms with Crippen LogP contribution in [0.2, 0.25) is 0 Å². The zero-order valence-corrected chi connectivity index (χ0v) is 12.8. The van der Waals surface area contributed by atoms with Gasteiger partial charge in [0.05, 0.1) is 10.8 Å². The van der Waals surface area contributed by atoms with E-state index in [-0.39, 0.29) is 0 Å². The number of hydrogen-bond acceptors (Lipinski definition) is 8. The highest BCUT2D eigenvalue weighted by molar-refractivity contribution is 8.01. The van der Waals surface area contributed by atoms with E-state index in [9.17, 15) is 4.21 Å². The first kappa shape index (κ1) is 14.9. The molecule has 1 aliphatic rings. The number of tetrazole rings is 1. The highest BCUT2D eigenvalue weighted by atomic mass is 32.2. The maximum absolute atomic E-state index is 12.0.